The first-order valence-corrected chi connectivity index (χ1v) is 10.9. The zero-order valence-electron chi connectivity index (χ0n) is 18.3. The van der Waals surface area contributed by atoms with Gasteiger partial charge in [-0.2, -0.15) is 0 Å². The Hall–Kier alpha value is -3.66. The summed E-state index contributed by atoms with van der Waals surface area (Å²) in [4.78, 5) is 48.8. The number of Topliss-reactive ketones (excluding diaryl/α,β-unsaturated/α-hetero) is 1. The van der Waals surface area contributed by atoms with Crippen molar-refractivity contribution in [1.29, 1.82) is 0 Å². The van der Waals surface area contributed by atoms with E-state index in [1.54, 1.807) is 24.3 Å². The molecule has 1 heterocycles. The number of methoxy groups -OCH3 is 1. The standard InChI is InChI=1S/C23H22N2O7S/c1-4-14(2)32-19-10-5-15(11-20(19)31-3)12-21-22(27)24(23(28)33-21)13-18(26)16-6-8-17(9-7-16)25(29)30/h5-12,14H,4,13H2,1-3H3/b21-12-/t14-/m0/s1. The molecule has 0 aliphatic carbocycles. The number of hydrogen-bond acceptors (Lipinski definition) is 8. The van der Waals surface area contributed by atoms with Crippen molar-refractivity contribution in [2.45, 2.75) is 26.4 Å². The van der Waals surface area contributed by atoms with Crippen LogP contribution in [-0.2, 0) is 4.79 Å². The minimum absolute atomic E-state index is 0.00883. The molecule has 172 valence electrons. The first-order chi connectivity index (χ1) is 15.7. The Morgan fingerprint density at radius 1 is 1.18 bits per heavy atom. The smallest absolute Gasteiger partial charge is 0.293 e. The van der Waals surface area contributed by atoms with Gasteiger partial charge in [-0.15, -0.1) is 0 Å². The number of ether oxygens (including phenoxy) is 2. The van der Waals surface area contributed by atoms with E-state index in [2.05, 4.69) is 0 Å². The molecule has 0 spiro atoms. The molecule has 1 aliphatic heterocycles. The maximum Gasteiger partial charge on any atom is 0.293 e. The number of rotatable bonds is 9. The van der Waals surface area contributed by atoms with E-state index in [-0.39, 0.29) is 22.3 Å². The third kappa shape index (κ3) is 5.58. The van der Waals surface area contributed by atoms with Gasteiger partial charge in [-0.25, -0.2) is 0 Å². The first kappa shape index (κ1) is 24.0. The highest BCUT2D eigenvalue weighted by molar-refractivity contribution is 8.18. The molecule has 10 heteroatoms. The molecule has 1 aliphatic rings. The molecule has 9 nitrogen and oxygen atoms in total. The van der Waals surface area contributed by atoms with Crippen LogP contribution >= 0.6 is 11.8 Å². The fourth-order valence-electron chi connectivity index (χ4n) is 2.96. The number of carbonyl (C=O) groups excluding carboxylic acids is 3. The SMILES string of the molecule is CC[C@H](C)Oc1ccc(/C=C2\SC(=O)N(CC(=O)c3ccc([N+](=O)[O-])cc3)C2=O)cc1OC. The molecule has 33 heavy (non-hydrogen) atoms. The molecule has 2 aromatic carbocycles. The zero-order valence-corrected chi connectivity index (χ0v) is 19.1. The topological polar surface area (TPSA) is 116 Å². The number of non-ortho nitro benzene ring substituents is 1. The number of thioether (sulfide) groups is 1. The number of benzene rings is 2. The van der Waals surface area contributed by atoms with Crippen LogP contribution in [0, 0.1) is 10.1 Å². The van der Waals surface area contributed by atoms with E-state index in [9.17, 15) is 24.5 Å². The maximum absolute atomic E-state index is 12.8. The molecule has 2 amide bonds. The van der Waals surface area contributed by atoms with E-state index in [1.165, 1.54) is 31.4 Å². The van der Waals surface area contributed by atoms with E-state index in [0.29, 0.717) is 17.1 Å². The zero-order chi connectivity index (χ0) is 24.1. The second kappa shape index (κ2) is 10.3. The maximum atomic E-state index is 12.8. The Kier molecular flexibility index (Phi) is 7.49. The van der Waals surface area contributed by atoms with E-state index in [1.807, 2.05) is 13.8 Å². The van der Waals surface area contributed by atoms with Crippen LogP contribution in [0.2, 0.25) is 0 Å². The molecule has 0 unspecified atom stereocenters. The summed E-state index contributed by atoms with van der Waals surface area (Å²) < 4.78 is 11.2. The van der Waals surface area contributed by atoms with Gasteiger partial charge in [-0.05, 0) is 61.0 Å². The Labute approximate surface area is 194 Å². The average Bonchev–Trinajstić information content (AvgIpc) is 3.07. The number of nitro benzene ring substituents is 1. The van der Waals surface area contributed by atoms with Gasteiger partial charge in [-0.1, -0.05) is 13.0 Å². The Bertz CT molecular complexity index is 1130. The minimum Gasteiger partial charge on any atom is -0.493 e. The van der Waals surface area contributed by atoms with Gasteiger partial charge < -0.3 is 9.47 Å². The number of nitro groups is 1. The molecular weight excluding hydrogens is 448 g/mol. The highest BCUT2D eigenvalue weighted by Gasteiger charge is 2.36. The van der Waals surface area contributed by atoms with Crippen LogP contribution in [0.1, 0.15) is 36.2 Å². The highest BCUT2D eigenvalue weighted by atomic mass is 32.2. The fourth-order valence-corrected chi connectivity index (χ4v) is 3.80. The van der Waals surface area contributed by atoms with Crippen LogP contribution in [-0.4, -0.2) is 46.5 Å². The van der Waals surface area contributed by atoms with Crippen molar-refractivity contribution < 1.29 is 28.8 Å². The average molecular weight is 471 g/mol. The summed E-state index contributed by atoms with van der Waals surface area (Å²) >= 11 is 0.737. The summed E-state index contributed by atoms with van der Waals surface area (Å²) in [5, 5.41) is 10.2. The summed E-state index contributed by atoms with van der Waals surface area (Å²) in [5.74, 6) is -0.0109. The second-order valence-corrected chi connectivity index (χ2v) is 8.24. The van der Waals surface area contributed by atoms with Crippen molar-refractivity contribution in [2.75, 3.05) is 13.7 Å². The normalized spacial score (nSPS) is 15.6. The van der Waals surface area contributed by atoms with Gasteiger partial charge >= 0.3 is 0 Å². The number of imide groups is 1. The molecule has 1 fully saturated rings. The molecular formula is C23H22N2O7S. The lowest BCUT2D eigenvalue weighted by Crippen LogP contribution is -2.33. The van der Waals surface area contributed by atoms with Crippen LogP contribution in [0.3, 0.4) is 0 Å². The molecule has 0 bridgehead atoms. The molecule has 2 aromatic rings. The van der Waals surface area contributed by atoms with Gasteiger partial charge in [0.25, 0.3) is 16.8 Å². The summed E-state index contributed by atoms with van der Waals surface area (Å²) in [7, 11) is 1.51. The van der Waals surface area contributed by atoms with Gasteiger partial charge in [0.2, 0.25) is 0 Å². The largest absolute Gasteiger partial charge is 0.493 e. The fraction of sp³-hybridized carbons (Fsp3) is 0.261. The molecule has 0 radical (unpaired) electrons. The van der Waals surface area contributed by atoms with Gasteiger partial charge in [0.15, 0.2) is 17.3 Å². The molecule has 3 rings (SSSR count). The molecule has 0 aromatic heterocycles. The number of ketones is 1. The van der Waals surface area contributed by atoms with Crippen molar-refractivity contribution in [1.82, 2.24) is 4.90 Å². The summed E-state index contributed by atoms with van der Waals surface area (Å²) in [5.41, 5.74) is 0.650. The van der Waals surface area contributed by atoms with Crippen LogP contribution in [0.5, 0.6) is 11.5 Å². The monoisotopic (exact) mass is 470 g/mol. The van der Waals surface area contributed by atoms with Crippen molar-refractivity contribution in [3.8, 4) is 11.5 Å². The van der Waals surface area contributed by atoms with Crippen molar-refractivity contribution in [3.63, 3.8) is 0 Å². The lowest BCUT2D eigenvalue weighted by Gasteiger charge is -2.15. The Morgan fingerprint density at radius 3 is 2.48 bits per heavy atom. The Morgan fingerprint density at radius 2 is 1.88 bits per heavy atom. The van der Waals surface area contributed by atoms with Gasteiger partial charge in [-0.3, -0.25) is 29.4 Å². The van der Waals surface area contributed by atoms with E-state index < -0.39 is 28.4 Å². The van der Waals surface area contributed by atoms with E-state index >= 15 is 0 Å². The lowest BCUT2D eigenvalue weighted by molar-refractivity contribution is -0.384. The predicted molar refractivity (Wildman–Crippen MR) is 123 cm³/mol. The molecule has 0 saturated carbocycles. The highest BCUT2D eigenvalue weighted by Crippen LogP contribution is 2.35. The number of amides is 2. The van der Waals surface area contributed by atoms with Crippen LogP contribution < -0.4 is 9.47 Å². The van der Waals surface area contributed by atoms with Crippen molar-refractivity contribution in [2.24, 2.45) is 0 Å². The quantitative estimate of drug-likeness (QED) is 0.224. The van der Waals surface area contributed by atoms with Crippen LogP contribution in [0.4, 0.5) is 10.5 Å². The van der Waals surface area contributed by atoms with E-state index in [0.717, 1.165) is 23.1 Å². The van der Waals surface area contributed by atoms with Crippen molar-refractivity contribution >= 4 is 40.5 Å². The van der Waals surface area contributed by atoms with Gasteiger partial charge in [0.05, 0.1) is 29.6 Å². The van der Waals surface area contributed by atoms with Crippen molar-refractivity contribution in [3.05, 3.63) is 68.6 Å². The molecule has 1 atom stereocenters. The second-order valence-electron chi connectivity index (χ2n) is 7.24. The lowest BCUT2D eigenvalue weighted by atomic mass is 10.1. The minimum atomic E-state index is -0.584. The molecule has 0 N–H and O–H groups in total. The van der Waals surface area contributed by atoms with Crippen LogP contribution in [0.25, 0.3) is 6.08 Å². The Balaban J connectivity index is 1.75. The van der Waals surface area contributed by atoms with Gasteiger partial charge in [0, 0.05) is 17.7 Å². The number of nitrogens with zero attached hydrogens (tertiary/aromatic N) is 2. The predicted octanol–water partition coefficient (Wildman–Crippen LogP) is 4.70. The summed E-state index contributed by atoms with van der Waals surface area (Å²) in [6.45, 7) is 3.50. The third-order valence-corrected chi connectivity index (χ3v) is 5.87. The number of hydrogen-bond donors (Lipinski definition) is 0. The summed E-state index contributed by atoms with van der Waals surface area (Å²) in [6.07, 6.45) is 2.39. The van der Waals surface area contributed by atoms with E-state index in [4.69, 9.17) is 9.47 Å². The third-order valence-electron chi connectivity index (χ3n) is 4.96. The molecule has 1 saturated heterocycles. The first-order valence-electron chi connectivity index (χ1n) is 10.1. The number of carbonyl (C=O) groups is 3. The summed E-state index contributed by atoms with van der Waals surface area (Å²) in [6, 6.07) is 10.2. The van der Waals surface area contributed by atoms with Gasteiger partial charge in [0.1, 0.15) is 0 Å². The van der Waals surface area contributed by atoms with Crippen LogP contribution in [0.15, 0.2) is 47.4 Å².